The van der Waals surface area contributed by atoms with Crippen LogP contribution in [0.4, 0.5) is 0 Å². The van der Waals surface area contributed by atoms with Crippen LogP contribution in [-0.2, 0) is 20.8 Å². The maximum absolute atomic E-state index is 13.0. The summed E-state index contributed by atoms with van der Waals surface area (Å²) in [7, 11) is 0. The zero-order valence-electron chi connectivity index (χ0n) is 16.4. The second-order valence-corrected chi connectivity index (χ2v) is 7.19. The first kappa shape index (κ1) is 21.1. The van der Waals surface area contributed by atoms with Gasteiger partial charge in [0.2, 0.25) is 11.8 Å². The zero-order valence-corrected chi connectivity index (χ0v) is 16.4. The summed E-state index contributed by atoms with van der Waals surface area (Å²) in [6.07, 6.45) is 1.23. The predicted molar refractivity (Wildman–Crippen MR) is 102 cm³/mol. The molecule has 2 aromatic rings. The molecule has 4 rings (SSSR count). The van der Waals surface area contributed by atoms with Gasteiger partial charge in [-0.3, -0.25) is 23.7 Å². The lowest BCUT2D eigenvalue weighted by Crippen LogP contribution is -2.54. The third kappa shape index (κ3) is 4.36. The lowest BCUT2D eigenvalue weighted by Gasteiger charge is -2.46. The molecule has 0 aromatic carbocycles. The fourth-order valence-electron chi connectivity index (χ4n) is 4.22. The van der Waals surface area contributed by atoms with Crippen molar-refractivity contribution >= 4 is 18.3 Å². The van der Waals surface area contributed by atoms with Crippen molar-refractivity contribution in [2.24, 2.45) is 5.92 Å². The quantitative estimate of drug-likeness (QED) is 0.529. The largest absolute Gasteiger partial charge is 0.483 e. The number of aromatic amines is 1. The van der Waals surface area contributed by atoms with Gasteiger partial charge >= 0.3 is 0 Å². The summed E-state index contributed by atoms with van der Waals surface area (Å²) in [6, 6.07) is 4.45. The average molecular weight is 417 g/mol. The highest BCUT2D eigenvalue weighted by molar-refractivity contribution is 5.81. The molecule has 2 amide bonds. The maximum atomic E-state index is 13.0. The molecule has 0 unspecified atom stereocenters. The number of nitrogens with zero attached hydrogens (tertiary/aromatic N) is 5. The molecular formula is C18H23N7O5. The molecule has 3 N–H and O–H groups in total. The highest BCUT2D eigenvalue weighted by Crippen LogP contribution is 2.41. The SMILES string of the molecule is CC(=O)N1C[C@H]2C[C@@H](C1)[C@H](C(=O)NCCc1nn[nH]n1)n1c2cccc1=O.O=CO. The summed E-state index contributed by atoms with van der Waals surface area (Å²) >= 11 is 0. The van der Waals surface area contributed by atoms with Crippen molar-refractivity contribution in [3.05, 3.63) is 40.1 Å². The van der Waals surface area contributed by atoms with Crippen LogP contribution in [0.1, 0.15) is 36.8 Å². The number of pyridine rings is 1. The predicted octanol–water partition coefficient (Wildman–Crippen LogP) is -1.07. The fraction of sp³-hybridized carbons (Fsp3) is 0.500. The normalized spacial score (nSPS) is 21.6. The third-order valence-electron chi connectivity index (χ3n) is 5.40. The molecule has 0 aliphatic carbocycles. The van der Waals surface area contributed by atoms with Gasteiger partial charge in [0.1, 0.15) is 6.04 Å². The van der Waals surface area contributed by atoms with Crippen LogP contribution in [0.15, 0.2) is 23.0 Å². The molecule has 4 heterocycles. The fourth-order valence-corrected chi connectivity index (χ4v) is 4.22. The van der Waals surface area contributed by atoms with Crippen LogP contribution in [0.3, 0.4) is 0 Å². The van der Waals surface area contributed by atoms with E-state index in [0.29, 0.717) is 31.9 Å². The monoisotopic (exact) mass is 417 g/mol. The van der Waals surface area contributed by atoms with Crippen molar-refractivity contribution in [3.8, 4) is 0 Å². The molecule has 2 aliphatic heterocycles. The standard InChI is InChI=1S/C17H21N7O3.CH2O2/c1-10(25)23-8-11-7-12(9-23)16(24-13(11)3-2-4-15(24)26)17(27)18-6-5-14-19-21-22-20-14;2-1-3/h2-4,11-12,16H,5-9H2,1H3,(H,18,27)(H,19,20,21,22);1H,(H,2,3)/t11-,12+,16-;/m1./s1. The maximum Gasteiger partial charge on any atom is 0.290 e. The van der Waals surface area contributed by atoms with Crippen LogP contribution in [0.25, 0.3) is 0 Å². The number of likely N-dealkylation sites (tertiary alicyclic amines) is 1. The number of carbonyl (C=O) groups is 3. The van der Waals surface area contributed by atoms with Crippen molar-refractivity contribution in [1.82, 2.24) is 35.4 Å². The molecule has 0 spiro atoms. The van der Waals surface area contributed by atoms with E-state index in [0.717, 1.165) is 12.1 Å². The second-order valence-electron chi connectivity index (χ2n) is 7.19. The molecule has 12 heteroatoms. The van der Waals surface area contributed by atoms with Crippen molar-refractivity contribution in [1.29, 1.82) is 0 Å². The minimum absolute atomic E-state index is 0.00677. The molecule has 2 bridgehead atoms. The molecule has 1 saturated heterocycles. The van der Waals surface area contributed by atoms with E-state index in [1.165, 1.54) is 6.07 Å². The van der Waals surface area contributed by atoms with Crippen LogP contribution in [0.5, 0.6) is 0 Å². The molecule has 2 aliphatic rings. The summed E-state index contributed by atoms with van der Waals surface area (Å²) < 4.78 is 1.61. The van der Waals surface area contributed by atoms with Gasteiger partial charge in [0, 0.05) is 56.6 Å². The van der Waals surface area contributed by atoms with Gasteiger partial charge in [0.05, 0.1) is 0 Å². The summed E-state index contributed by atoms with van der Waals surface area (Å²) in [6.45, 7) is 2.70. The first-order valence-corrected chi connectivity index (χ1v) is 9.51. The Morgan fingerprint density at radius 1 is 1.37 bits per heavy atom. The number of nitrogens with one attached hydrogen (secondary N) is 2. The molecule has 160 valence electrons. The van der Waals surface area contributed by atoms with Gasteiger partial charge in [-0.2, -0.15) is 5.21 Å². The van der Waals surface area contributed by atoms with Crippen LogP contribution in [-0.4, -0.2) is 73.1 Å². The average Bonchev–Trinajstić information content (AvgIpc) is 3.23. The molecule has 12 nitrogen and oxygen atoms in total. The summed E-state index contributed by atoms with van der Waals surface area (Å²) in [5.74, 6) is 0.266. The van der Waals surface area contributed by atoms with E-state index in [9.17, 15) is 14.4 Å². The molecule has 2 aromatic heterocycles. The zero-order chi connectivity index (χ0) is 21.7. The second kappa shape index (κ2) is 9.29. The number of aromatic nitrogens is 5. The van der Waals surface area contributed by atoms with E-state index >= 15 is 0 Å². The van der Waals surface area contributed by atoms with Crippen LogP contribution in [0, 0.1) is 5.92 Å². The molecule has 1 fully saturated rings. The Balaban J connectivity index is 0.000000806. The third-order valence-corrected chi connectivity index (χ3v) is 5.40. The number of hydrogen-bond acceptors (Lipinski definition) is 7. The molecule has 0 radical (unpaired) electrons. The smallest absolute Gasteiger partial charge is 0.290 e. The number of fused-ring (bicyclic) bond motifs is 4. The van der Waals surface area contributed by atoms with E-state index < -0.39 is 6.04 Å². The Morgan fingerprint density at radius 2 is 2.13 bits per heavy atom. The number of carbonyl (C=O) groups excluding carboxylic acids is 2. The van der Waals surface area contributed by atoms with E-state index in [1.54, 1.807) is 22.5 Å². The Morgan fingerprint density at radius 3 is 2.80 bits per heavy atom. The first-order chi connectivity index (χ1) is 14.5. The lowest BCUT2D eigenvalue weighted by molar-refractivity contribution is -0.135. The number of amides is 2. The van der Waals surface area contributed by atoms with E-state index in [1.807, 2.05) is 6.07 Å². The van der Waals surface area contributed by atoms with Gasteiger partial charge < -0.3 is 15.3 Å². The van der Waals surface area contributed by atoms with Crippen LogP contribution < -0.4 is 10.9 Å². The van der Waals surface area contributed by atoms with Crippen molar-refractivity contribution < 1.29 is 19.5 Å². The highest BCUT2D eigenvalue weighted by Gasteiger charge is 2.44. The van der Waals surface area contributed by atoms with Gasteiger partial charge in [-0.05, 0) is 12.5 Å². The summed E-state index contributed by atoms with van der Waals surface area (Å²) in [4.78, 5) is 47.6. The number of hydrogen-bond donors (Lipinski definition) is 3. The molecule has 0 saturated carbocycles. The Bertz CT molecular complexity index is 958. The minimum Gasteiger partial charge on any atom is -0.483 e. The number of rotatable bonds is 4. The Labute approximate surface area is 171 Å². The molecule has 3 atom stereocenters. The summed E-state index contributed by atoms with van der Waals surface area (Å²) in [5.41, 5.74) is 0.639. The lowest BCUT2D eigenvalue weighted by atomic mass is 9.78. The summed E-state index contributed by atoms with van der Waals surface area (Å²) in [5, 5.41) is 23.3. The van der Waals surface area contributed by atoms with Crippen molar-refractivity contribution in [2.45, 2.75) is 31.7 Å². The van der Waals surface area contributed by atoms with Gasteiger partial charge in [-0.15, -0.1) is 10.2 Å². The number of tetrazole rings is 1. The number of piperidine rings is 1. The molecule has 30 heavy (non-hydrogen) atoms. The van der Waals surface area contributed by atoms with Crippen molar-refractivity contribution in [3.63, 3.8) is 0 Å². The Kier molecular flexibility index (Phi) is 6.54. The van der Waals surface area contributed by atoms with Gasteiger partial charge in [0.25, 0.3) is 12.0 Å². The van der Waals surface area contributed by atoms with E-state index in [4.69, 9.17) is 9.90 Å². The highest BCUT2D eigenvalue weighted by atomic mass is 16.3. The number of carboxylic acid groups (broad SMARTS) is 1. The minimum atomic E-state index is -0.627. The van der Waals surface area contributed by atoms with Crippen molar-refractivity contribution in [2.75, 3.05) is 19.6 Å². The van der Waals surface area contributed by atoms with E-state index in [-0.39, 0.29) is 35.7 Å². The topological polar surface area (TPSA) is 163 Å². The molecular weight excluding hydrogens is 394 g/mol. The van der Waals surface area contributed by atoms with Gasteiger partial charge in [0.15, 0.2) is 5.82 Å². The van der Waals surface area contributed by atoms with E-state index in [2.05, 4.69) is 25.9 Å². The number of H-pyrrole nitrogens is 1. The first-order valence-electron chi connectivity index (χ1n) is 9.51. The Hall–Kier alpha value is -3.57. The van der Waals surface area contributed by atoms with Gasteiger partial charge in [-0.25, -0.2) is 0 Å². The van der Waals surface area contributed by atoms with Gasteiger partial charge in [-0.1, -0.05) is 11.3 Å². The van der Waals surface area contributed by atoms with Crippen LogP contribution >= 0.6 is 0 Å². The van der Waals surface area contributed by atoms with Crippen LogP contribution in [0.2, 0.25) is 0 Å².